The van der Waals surface area contributed by atoms with Gasteiger partial charge >= 0.3 is 6.03 Å². The fraction of sp³-hybridized carbons (Fsp3) is 0.353. The quantitative estimate of drug-likeness (QED) is 0.669. The minimum absolute atomic E-state index is 0.0294. The van der Waals surface area contributed by atoms with Crippen molar-refractivity contribution in [1.82, 2.24) is 9.69 Å². The molecule has 27 heavy (non-hydrogen) atoms. The molecule has 1 aliphatic carbocycles. The van der Waals surface area contributed by atoms with Crippen LogP contribution in [-0.4, -0.2) is 22.9 Å². The maximum absolute atomic E-state index is 13.9. The van der Waals surface area contributed by atoms with Crippen molar-refractivity contribution in [3.05, 3.63) is 40.5 Å². The van der Waals surface area contributed by atoms with Crippen molar-refractivity contribution in [3.63, 3.8) is 0 Å². The number of carbonyl (C=O) groups excluding carboxylic acids is 2. The van der Waals surface area contributed by atoms with E-state index in [1.807, 2.05) is 0 Å². The lowest BCUT2D eigenvalue weighted by Gasteiger charge is -2.09. The fourth-order valence-corrected chi connectivity index (χ4v) is 3.06. The number of aromatic nitrogens is 1. The van der Waals surface area contributed by atoms with Gasteiger partial charge in [0.15, 0.2) is 11.6 Å². The minimum Gasteiger partial charge on any atom is -0.471 e. The number of nitrogens with two attached hydrogens (primary N) is 1. The molecule has 3 amide bonds. The van der Waals surface area contributed by atoms with E-state index in [4.69, 9.17) is 10.5 Å². The van der Waals surface area contributed by atoms with E-state index < -0.39 is 23.6 Å². The molecule has 0 aliphatic heterocycles. The van der Waals surface area contributed by atoms with Crippen LogP contribution >= 0.6 is 11.5 Å². The maximum atomic E-state index is 13.9. The molecule has 0 unspecified atom stereocenters. The van der Waals surface area contributed by atoms with Crippen LogP contribution in [0.4, 0.5) is 18.6 Å². The van der Waals surface area contributed by atoms with Crippen LogP contribution in [0.5, 0.6) is 5.88 Å². The summed E-state index contributed by atoms with van der Waals surface area (Å²) in [6.07, 6.45) is 2.17. The van der Waals surface area contributed by atoms with Crippen LogP contribution in [0.25, 0.3) is 0 Å². The van der Waals surface area contributed by atoms with E-state index in [1.165, 1.54) is 19.1 Å². The molecular formula is C17H18F2N4O3S. The number of carbonyl (C=O) groups is 2. The molecule has 7 nitrogen and oxygen atoms in total. The van der Waals surface area contributed by atoms with Crippen LogP contribution in [0.2, 0.25) is 0 Å². The zero-order valence-corrected chi connectivity index (χ0v) is 15.3. The highest BCUT2D eigenvalue weighted by molar-refractivity contribution is 7.11. The number of hydrogen-bond acceptors (Lipinski definition) is 5. The summed E-state index contributed by atoms with van der Waals surface area (Å²) < 4.78 is 36.9. The Hall–Kier alpha value is -2.75. The van der Waals surface area contributed by atoms with Crippen molar-refractivity contribution in [2.24, 2.45) is 11.7 Å². The number of nitrogens with one attached hydrogen (secondary N) is 2. The average molecular weight is 396 g/mol. The number of anilines is 1. The normalized spacial score (nSPS) is 13.3. The van der Waals surface area contributed by atoms with Gasteiger partial charge < -0.3 is 15.8 Å². The van der Waals surface area contributed by atoms with E-state index in [2.05, 4.69) is 15.0 Å². The molecule has 0 bridgehead atoms. The zero-order valence-electron chi connectivity index (χ0n) is 14.5. The predicted octanol–water partition coefficient (Wildman–Crippen LogP) is 2.94. The lowest BCUT2D eigenvalue weighted by Crippen LogP contribution is -2.30. The highest BCUT2D eigenvalue weighted by Crippen LogP contribution is 2.31. The molecule has 1 aliphatic rings. The number of urea groups is 1. The Labute approximate surface area is 158 Å². The van der Waals surface area contributed by atoms with Gasteiger partial charge in [-0.1, -0.05) is 12.1 Å². The summed E-state index contributed by atoms with van der Waals surface area (Å²) in [6.45, 7) is 1.65. The molecule has 1 fully saturated rings. The monoisotopic (exact) mass is 396 g/mol. The second kappa shape index (κ2) is 7.87. The van der Waals surface area contributed by atoms with Gasteiger partial charge in [-0.05, 0) is 42.8 Å². The van der Waals surface area contributed by atoms with Gasteiger partial charge in [0.25, 0.3) is 5.91 Å². The Morgan fingerprint density at radius 3 is 2.74 bits per heavy atom. The Morgan fingerprint density at radius 2 is 2.07 bits per heavy atom. The second-order valence-electron chi connectivity index (χ2n) is 6.29. The van der Waals surface area contributed by atoms with Gasteiger partial charge in [0, 0.05) is 12.1 Å². The van der Waals surface area contributed by atoms with Crippen LogP contribution in [0, 0.1) is 24.5 Å². The highest BCUT2D eigenvalue weighted by atomic mass is 32.1. The molecule has 1 aromatic heterocycles. The largest absolute Gasteiger partial charge is 0.471 e. The van der Waals surface area contributed by atoms with Gasteiger partial charge in [-0.15, -0.1) is 0 Å². The van der Waals surface area contributed by atoms with Crippen molar-refractivity contribution >= 4 is 28.5 Å². The van der Waals surface area contributed by atoms with Crippen molar-refractivity contribution in [3.8, 4) is 5.88 Å². The van der Waals surface area contributed by atoms with E-state index in [0.29, 0.717) is 12.5 Å². The molecule has 3 rings (SSSR count). The summed E-state index contributed by atoms with van der Waals surface area (Å²) in [5.41, 5.74) is 5.38. The van der Waals surface area contributed by atoms with Crippen molar-refractivity contribution in [1.29, 1.82) is 0 Å². The highest BCUT2D eigenvalue weighted by Gasteiger charge is 2.24. The molecule has 0 saturated heterocycles. The molecule has 10 heteroatoms. The molecule has 1 aromatic carbocycles. The standard InChI is InChI=1S/C17H18F2N4O3S/c1-8-2-5-10(13(19)12(8)18)7-26-15-11(14(20)24)16(27-23-15)22-17(25)21-6-9-3-4-9/h2,5,9H,3-4,6-7H2,1H3,(H2,20,24)(H2,21,22,25). The summed E-state index contributed by atoms with van der Waals surface area (Å²) >= 11 is 0.812. The maximum Gasteiger partial charge on any atom is 0.319 e. The first kappa shape index (κ1) is 19.0. The van der Waals surface area contributed by atoms with Crippen LogP contribution < -0.4 is 21.1 Å². The predicted molar refractivity (Wildman–Crippen MR) is 95.8 cm³/mol. The van der Waals surface area contributed by atoms with Crippen LogP contribution in [-0.2, 0) is 6.61 Å². The molecule has 4 N–H and O–H groups in total. The molecule has 144 valence electrons. The number of halogens is 2. The van der Waals surface area contributed by atoms with Gasteiger partial charge in [0.1, 0.15) is 17.2 Å². The first-order chi connectivity index (χ1) is 12.9. The fourth-order valence-electron chi connectivity index (χ4n) is 2.33. The van der Waals surface area contributed by atoms with E-state index in [0.717, 1.165) is 24.4 Å². The number of aryl methyl sites for hydroxylation is 1. The average Bonchev–Trinajstić information content (AvgIpc) is 3.37. The number of benzene rings is 1. The third-order valence-corrected chi connectivity index (χ3v) is 4.85. The second-order valence-corrected chi connectivity index (χ2v) is 7.07. The summed E-state index contributed by atoms with van der Waals surface area (Å²) in [6, 6.07) is 2.32. The van der Waals surface area contributed by atoms with E-state index in [-0.39, 0.29) is 34.2 Å². The molecule has 0 radical (unpaired) electrons. The number of ether oxygens (including phenoxy) is 1. The third-order valence-electron chi connectivity index (χ3n) is 4.10. The number of rotatable bonds is 7. The summed E-state index contributed by atoms with van der Waals surface area (Å²) in [7, 11) is 0. The molecule has 2 aromatic rings. The molecule has 0 spiro atoms. The molecular weight excluding hydrogens is 378 g/mol. The lowest BCUT2D eigenvalue weighted by molar-refractivity contribution is 0.0996. The van der Waals surface area contributed by atoms with Crippen LogP contribution in [0.15, 0.2) is 12.1 Å². The van der Waals surface area contributed by atoms with Crippen LogP contribution in [0.3, 0.4) is 0 Å². The molecule has 1 saturated carbocycles. The SMILES string of the molecule is Cc1ccc(COc2nsc(NC(=O)NCC3CC3)c2C(N)=O)c(F)c1F. The molecule has 0 atom stereocenters. The number of nitrogens with zero attached hydrogens (tertiary/aromatic N) is 1. The van der Waals surface area contributed by atoms with Gasteiger partial charge in [-0.2, -0.15) is 4.37 Å². The zero-order chi connectivity index (χ0) is 19.6. The van der Waals surface area contributed by atoms with Gasteiger partial charge in [0.2, 0.25) is 5.88 Å². The Morgan fingerprint density at radius 1 is 1.33 bits per heavy atom. The van der Waals surface area contributed by atoms with E-state index in [1.54, 1.807) is 0 Å². The minimum atomic E-state index is -1.02. The number of amides is 3. The number of primary amides is 1. The smallest absolute Gasteiger partial charge is 0.319 e. The molecule has 1 heterocycles. The van der Waals surface area contributed by atoms with Crippen LogP contribution in [0.1, 0.15) is 34.3 Å². The summed E-state index contributed by atoms with van der Waals surface area (Å²) in [4.78, 5) is 23.6. The van der Waals surface area contributed by atoms with Gasteiger partial charge in [-0.3, -0.25) is 10.1 Å². The van der Waals surface area contributed by atoms with Gasteiger partial charge in [-0.25, -0.2) is 13.6 Å². The summed E-state index contributed by atoms with van der Waals surface area (Å²) in [5.74, 6) is -2.49. The Bertz CT molecular complexity index is 883. The van der Waals surface area contributed by atoms with E-state index in [9.17, 15) is 18.4 Å². The van der Waals surface area contributed by atoms with Crippen molar-refractivity contribution < 1.29 is 23.1 Å². The van der Waals surface area contributed by atoms with Gasteiger partial charge in [0.05, 0.1) is 0 Å². The first-order valence-corrected chi connectivity index (χ1v) is 9.04. The summed E-state index contributed by atoms with van der Waals surface area (Å²) in [5, 5.41) is 5.33. The van der Waals surface area contributed by atoms with E-state index >= 15 is 0 Å². The number of hydrogen-bond donors (Lipinski definition) is 3. The Balaban J connectivity index is 1.70. The Kier molecular flexibility index (Phi) is 5.54. The lowest BCUT2D eigenvalue weighted by atomic mass is 10.1. The first-order valence-electron chi connectivity index (χ1n) is 8.27. The topological polar surface area (TPSA) is 106 Å². The third kappa shape index (κ3) is 4.51. The van der Waals surface area contributed by atoms with Crippen molar-refractivity contribution in [2.75, 3.05) is 11.9 Å². The van der Waals surface area contributed by atoms with Crippen molar-refractivity contribution in [2.45, 2.75) is 26.4 Å².